The second kappa shape index (κ2) is 17.5. The molecule has 5 rings (SSSR count). The number of aromatic nitrogens is 2. The molecule has 0 bridgehead atoms. The summed E-state index contributed by atoms with van der Waals surface area (Å²) in [5, 5.41) is 10.0. The molecule has 46 heavy (non-hydrogen) atoms. The Labute approximate surface area is 278 Å². The third-order valence-electron chi connectivity index (χ3n) is 8.57. The number of aliphatic hydroxyl groups is 1. The molecule has 1 aliphatic rings. The minimum absolute atomic E-state index is 0.0884. The number of fused-ring (bicyclic) bond motifs is 1. The van der Waals surface area contributed by atoms with Gasteiger partial charge >= 0.3 is 0 Å². The summed E-state index contributed by atoms with van der Waals surface area (Å²) in [4.78, 5) is 5.24. The number of imidazole rings is 1. The van der Waals surface area contributed by atoms with E-state index in [2.05, 4.69) is 30.5 Å². The molecule has 8 heteroatoms. The van der Waals surface area contributed by atoms with Gasteiger partial charge in [-0.25, -0.2) is 4.98 Å². The van der Waals surface area contributed by atoms with E-state index in [4.69, 9.17) is 35.5 Å². The highest BCUT2D eigenvalue weighted by atomic mass is 35.5. The van der Waals surface area contributed by atoms with Crippen molar-refractivity contribution in [2.45, 2.75) is 84.6 Å². The minimum atomic E-state index is 0.0884. The van der Waals surface area contributed by atoms with Crippen molar-refractivity contribution in [2.75, 3.05) is 33.0 Å². The van der Waals surface area contributed by atoms with E-state index < -0.39 is 0 Å². The number of aryl methyl sites for hydroxylation is 1. The van der Waals surface area contributed by atoms with Crippen LogP contribution in [0.15, 0.2) is 54.6 Å². The van der Waals surface area contributed by atoms with Gasteiger partial charge in [-0.15, -0.1) is 0 Å². The molecular weight excluding hydrogens is 600 g/mol. The summed E-state index contributed by atoms with van der Waals surface area (Å²) in [6.45, 7) is 7.53. The fourth-order valence-corrected chi connectivity index (χ4v) is 6.03. The van der Waals surface area contributed by atoms with E-state index in [-0.39, 0.29) is 6.61 Å². The first-order valence-corrected chi connectivity index (χ1v) is 17.5. The van der Waals surface area contributed by atoms with E-state index in [0.29, 0.717) is 38.8 Å². The first kappa shape index (κ1) is 33.9. The molecule has 0 atom stereocenters. The monoisotopic (exact) mass is 648 g/mol. The van der Waals surface area contributed by atoms with E-state index in [9.17, 15) is 5.11 Å². The standard InChI is InChI=1S/C38H49ClN2O5/c1-3-5-19-41-34-24-32(43-22-9-20-42)26-36(45-21-6-4-2)37(34)40-38(41)33-17-16-31(25-35(33)46-27-29-10-7-8-11-29)44-23-18-28-12-14-30(39)15-13-28/h12-17,24-26,29,42H,3-11,18-23,27H2,1-2H3. The SMILES string of the molecule is CCCCOc1cc(OCCCO)cc2c1nc(-c1ccc(OCCc3ccc(Cl)cc3)cc1OCC1CCCC1)n2CCCC. The van der Waals surface area contributed by atoms with Crippen LogP contribution in [-0.2, 0) is 13.0 Å². The Bertz CT molecular complexity index is 1510. The Balaban J connectivity index is 1.51. The second-order valence-electron chi connectivity index (χ2n) is 12.2. The van der Waals surface area contributed by atoms with Crippen LogP contribution in [0.3, 0.4) is 0 Å². The second-order valence-corrected chi connectivity index (χ2v) is 12.6. The van der Waals surface area contributed by atoms with Gasteiger partial charge in [0.15, 0.2) is 5.75 Å². The lowest BCUT2D eigenvalue weighted by Gasteiger charge is -2.17. The highest BCUT2D eigenvalue weighted by Crippen LogP contribution is 2.40. The molecule has 0 unspecified atom stereocenters. The maximum atomic E-state index is 9.31. The van der Waals surface area contributed by atoms with Crippen LogP contribution in [-0.4, -0.2) is 47.7 Å². The zero-order valence-corrected chi connectivity index (χ0v) is 28.2. The fraction of sp³-hybridized carbons (Fsp3) is 0.500. The van der Waals surface area contributed by atoms with Crippen LogP contribution in [0.2, 0.25) is 5.02 Å². The normalized spacial score (nSPS) is 13.4. The van der Waals surface area contributed by atoms with Crippen molar-refractivity contribution in [3.63, 3.8) is 0 Å². The lowest BCUT2D eigenvalue weighted by molar-refractivity contribution is 0.233. The van der Waals surface area contributed by atoms with Gasteiger partial charge in [0.2, 0.25) is 0 Å². The molecule has 1 N–H and O–H groups in total. The molecule has 0 spiro atoms. The van der Waals surface area contributed by atoms with Gasteiger partial charge in [0.05, 0.1) is 37.5 Å². The number of ether oxygens (including phenoxy) is 4. The van der Waals surface area contributed by atoms with Crippen LogP contribution < -0.4 is 18.9 Å². The molecule has 4 aromatic rings. The Morgan fingerprint density at radius 1 is 0.804 bits per heavy atom. The molecule has 0 amide bonds. The number of hydrogen-bond acceptors (Lipinski definition) is 6. The van der Waals surface area contributed by atoms with Crippen molar-refractivity contribution in [1.82, 2.24) is 9.55 Å². The van der Waals surface area contributed by atoms with Gasteiger partial charge in [-0.3, -0.25) is 0 Å². The van der Waals surface area contributed by atoms with E-state index in [1.54, 1.807) is 0 Å². The van der Waals surface area contributed by atoms with Crippen molar-refractivity contribution in [2.24, 2.45) is 5.92 Å². The number of hydrogen-bond donors (Lipinski definition) is 1. The first-order chi connectivity index (χ1) is 22.6. The molecule has 1 fully saturated rings. The highest BCUT2D eigenvalue weighted by molar-refractivity contribution is 6.30. The van der Waals surface area contributed by atoms with E-state index in [1.807, 2.05) is 42.5 Å². The molecule has 1 aliphatic carbocycles. The quantitative estimate of drug-likeness (QED) is 0.102. The number of benzene rings is 3. The Morgan fingerprint density at radius 3 is 2.30 bits per heavy atom. The smallest absolute Gasteiger partial charge is 0.150 e. The maximum Gasteiger partial charge on any atom is 0.150 e. The molecule has 248 valence electrons. The molecule has 0 saturated heterocycles. The molecule has 0 radical (unpaired) electrons. The maximum absolute atomic E-state index is 9.31. The van der Waals surface area contributed by atoms with Gasteiger partial charge in [-0.2, -0.15) is 0 Å². The van der Waals surface area contributed by atoms with Gasteiger partial charge in [0.25, 0.3) is 0 Å². The van der Waals surface area contributed by atoms with Crippen molar-refractivity contribution >= 4 is 22.6 Å². The largest absolute Gasteiger partial charge is 0.493 e. The average Bonchev–Trinajstić information content (AvgIpc) is 3.72. The molecular formula is C38H49ClN2O5. The summed E-state index contributed by atoms with van der Waals surface area (Å²) in [6, 6.07) is 18.0. The molecule has 1 heterocycles. The summed E-state index contributed by atoms with van der Waals surface area (Å²) < 4.78 is 27.5. The zero-order chi connectivity index (χ0) is 32.1. The lowest BCUT2D eigenvalue weighted by Crippen LogP contribution is -2.10. The van der Waals surface area contributed by atoms with Crippen LogP contribution in [0.25, 0.3) is 22.4 Å². The van der Waals surface area contributed by atoms with Crippen LogP contribution in [0.1, 0.15) is 77.2 Å². The molecule has 7 nitrogen and oxygen atoms in total. The van der Waals surface area contributed by atoms with E-state index in [0.717, 1.165) is 89.1 Å². The minimum Gasteiger partial charge on any atom is -0.493 e. The summed E-state index contributed by atoms with van der Waals surface area (Å²) >= 11 is 6.06. The average molecular weight is 649 g/mol. The zero-order valence-electron chi connectivity index (χ0n) is 27.4. The summed E-state index contributed by atoms with van der Waals surface area (Å²) in [5.74, 6) is 4.43. The molecule has 3 aromatic carbocycles. The fourth-order valence-electron chi connectivity index (χ4n) is 5.91. The Hall–Kier alpha value is -3.42. The van der Waals surface area contributed by atoms with Crippen LogP contribution in [0, 0.1) is 5.92 Å². The summed E-state index contributed by atoms with van der Waals surface area (Å²) in [6.07, 6.45) is 10.4. The van der Waals surface area contributed by atoms with Gasteiger partial charge in [0.1, 0.15) is 28.6 Å². The first-order valence-electron chi connectivity index (χ1n) is 17.1. The van der Waals surface area contributed by atoms with Crippen molar-refractivity contribution < 1.29 is 24.1 Å². The molecule has 0 aliphatic heterocycles. The Kier molecular flexibility index (Phi) is 12.9. The van der Waals surface area contributed by atoms with Crippen molar-refractivity contribution in [3.8, 4) is 34.4 Å². The third-order valence-corrected chi connectivity index (χ3v) is 8.82. The van der Waals surface area contributed by atoms with Crippen LogP contribution in [0.5, 0.6) is 23.0 Å². The van der Waals surface area contributed by atoms with Gasteiger partial charge in [-0.1, -0.05) is 63.3 Å². The molecule has 1 saturated carbocycles. The van der Waals surface area contributed by atoms with Crippen LogP contribution in [0.4, 0.5) is 0 Å². The number of nitrogens with zero attached hydrogens (tertiary/aromatic N) is 2. The summed E-state index contributed by atoms with van der Waals surface area (Å²) in [5.41, 5.74) is 3.92. The lowest BCUT2D eigenvalue weighted by atomic mass is 10.1. The topological polar surface area (TPSA) is 75.0 Å². The number of halogens is 1. The number of rotatable bonds is 19. The highest BCUT2D eigenvalue weighted by Gasteiger charge is 2.23. The van der Waals surface area contributed by atoms with Crippen LogP contribution >= 0.6 is 11.6 Å². The predicted octanol–water partition coefficient (Wildman–Crippen LogP) is 9.29. The number of aliphatic hydroxyl groups excluding tert-OH is 1. The van der Waals surface area contributed by atoms with E-state index >= 15 is 0 Å². The van der Waals surface area contributed by atoms with Crippen molar-refractivity contribution in [1.29, 1.82) is 0 Å². The Morgan fingerprint density at radius 2 is 1.54 bits per heavy atom. The van der Waals surface area contributed by atoms with Crippen molar-refractivity contribution in [3.05, 3.63) is 65.2 Å². The number of unbranched alkanes of at least 4 members (excludes halogenated alkanes) is 2. The predicted molar refractivity (Wildman–Crippen MR) is 186 cm³/mol. The van der Waals surface area contributed by atoms with Gasteiger partial charge in [-0.05, 0) is 61.4 Å². The van der Waals surface area contributed by atoms with E-state index in [1.165, 1.54) is 31.2 Å². The summed E-state index contributed by atoms with van der Waals surface area (Å²) in [7, 11) is 0. The molecule has 1 aromatic heterocycles. The third kappa shape index (κ3) is 9.10. The van der Waals surface area contributed by atoms with Gasteiger partial charge < -0.3 is 28.6 Å². The van der Waals surface area contributed by atoms with Gasteiger partial charge in [0, 0.05) is 49.2 Å².